The number of nitrogens with two attached hydrogens (primary N) is 1. The minimum absolute atomic E-state index is 0.122. The Hall–Kier alpha value is -2.21. The van der Waals surface area contributed by atoms with Crippen molar-refractivity contribution in [2.45, 2.75) is 0 Å². The lowest BCUT2D eigenvalue weighted by molar-refractivity contribution is 0.0698. The molecule has 0 spiro atoms. The van der Waals surface area contributed by atoms with Crippen molar-refractivity contribution in [3.05, 3.63) is 46.4 Å². The highest BCUT2D eigenvalue weighted by Crippen LogP contribution is 2.32. The number of benzene rings is 2. The summed E-state index contributed by atoms with van der Waals surface area (Å²) in [6.07, 6.45) is 0. The molecule has 2 aromatic carbocycles. The van der Waals surface area contributed by atoms with Gasteiger partial charge in [0.15, 0.2) is 0 Å². The number of carbonyl (C=O) groups is 1. The number of halogens is 1. The van der Waals surface area contributed by atoms with E-state index in [4.69, 9.17) is 10.5 Å². The van der Waals surface area contributed by atoms with E-state index in [1.165, 1.54) is 6.07 Å². The Morgan fingerprint density at radius 2 is 2.10 bits per heavy atom. The SMILES string of the molecule is COc1ccc(Nc2c(N)cccc2C(=O)O)cc1Br. The lowest BCUT2D eigenvalue weighted by Crippen LogP contribution is -2.05. The Balaban J connectivity index is 2.39. The molecule has 104 valence electrons. The van der Waals surface area contributed by atoms with Crippen LogP contribution >= 0.6 is 15.9 Å². The highest BCUT2D eigenvalue weighted by atomic mass is 79.9. The van der Waals surface area contributed by atoms with Gasteiger partial charge in [-0.15, -0.1) is 0 Å². The number of nitrogens with one attached hydrogen (secondary N) is 1. The van der Waals surface area contributed by atoms with Gasteiger partial charge in [0.05, 0.1) is 28.5 Å². The van der Waals surface area contributed by atoms with Crippen molar-refractivity contribution in [2.24, 2.45) is 0 Å². The molecule has 0 atom stereocenters. The average molecular weight is 337 g/mol. The largest absolute Gasteiger partial charge is 0.496 e. The summed E-state index contributed by atoms with van der Waals surface area (Å²) in [5.74, 6) is -0.345. The number of carboxylic acids is 1. The fourth-order valence-corrected chi connectivity index (χ4v) is 2.32. The molecular formula is C14H13BrN2O3. The molecular weight excluding hydrogens is 324 g/mol. The zero-order valence-corrected chi connectivity index (χ0v) is 12.3. The number of hydrogen-bond donors (Lipinski definition) is 3. The second-order valence-electron chi connectivity index (χ2n) is 4.05. The summed E-state index contributed by atoms with van der Waals surface area (Å²) < 4.78 is 5.90. The van der Waals surface area contributed by atoms with Gasteiger partial charge in [0.1, 0.15) is 5.75 Å². The third kappa shape index (κ3) is 2.85. The lowest BCUT2D eigenvalue weighted by Gasteiger charge is -2.13. The van der Waals surface area contributed by atoms with E-state index in [1.807, 2.05) is 0 Å². The van der Waals surface area contributed by atoms with Gasteiger partial charge < -0.3 is 20.9 Å². The standard InChI is InChI=1S/C14H13BrN2O3/c1-20-12-6-5-8(7-10(12)15)17-13-9(14(18)19)3-2-4-11(13)16/h2-7,17H,16H2,1H3,(H,18,19). The highest BCUT2D eigenvalue weighted by molar-refractivity contribution is 9.10. The van der Waals surface area contributed by atoms with Gasteiger partial charge in [0, 0.05) is 5.69 Å². The predicted molar refractivity (Wildman–Crippen MR) is 81.8 cm³/mol. The first-order chi connectivity index (χ1) is 9.52. The second-order valence-corrected chi connectivity index (χ2v) is 4.90. The van der Waals surface area contributed by atoms with Gasteiger partial charge in [-0.25, -0.2) is 4.79 Å². The van der Waals surface area contributed by atoms with Crippen molar-refractivity contribution >= 4 is 39.0 Å². The Kier molecular flexibility index (Phi) is 4.14. The lowest BCUT2D eigenvalue weighted by atomic mass is 10.1. The topological polar surface area (TPSA) is 84.6 Å². The van der Waals surface area contributed by atoms with E-state index >= 15 is 0 Å². The maximum atomic E-state index is 11.2. The zero-order valence-electron chi connectivity index (χ0n) is 10.7. The van der Waals surface area contributed by atoms with Crippen LogP contribution in [0.4, 0.5) is 17.1 Å². The molecule has 4 N–H and O–H groups in total. The minimum atomic E-state index is -1.03. The van der Waals surface area contributed by atoms with Gasteiger partial charge in [-0.2, -0.15) is 0 Å². The molecule has 0 saturated heterocycles. The van der Waals surface area contributed by atoms with Crippen LogP contribution in [0, 0.1) is 0 Å². The Labute approximate surface area is 124 Å². The molecule has 0 fully saturated rings. The zero-order chi connectivity index (χ0) is 14.7. The molecule has 0 aliphatic heterocycles. The van der Waals surface area contributed by atoms with Gasteiger partial charge in [0.25, 0.3) is 0 Å². The molecule has 2 aromatic rings. The number of methoxy groups -OCH3 is 1. The van der Waals surface area contributed by atoms with Crippen molar-refractivity contribution in [1.29, 1.82) is 0 Å². The highest BCUT2D eigenvalue weighted by Gasteiger charge is 2.13. The van der Waals surface area contributed by atoms with E-state index in [0.717, 1.165) is 4.47 Å². The molecule has 0 amide bonds. The minimum Gasteiger partial charge on any atom is -0.496 e. The number of para-hydroxylation sites is 1. The van der Waals surface area contributed by atoms with E-state index in [1.54, 1.807) is 37.4 Å². The molecule has 6 heteroatoms. The van der Waals surface area contributed by atoms with Crippen LogP contribution in [0.25, 0.3) is 0 Å². The third-order valence-electron chi connectivity index (χ3n) is 2.75. The molecule has 0 aliphatic carbocycles. The summed E-state index contributed by atoms with van der Waals surface area (Å²) >= 11 is 3.37. The van der Waals surface area contributed by atoms with Crippen molar-refractivity contribution in [2.75, 3.05) is 18.2 Å². The van der Waals surface area contributed by atoms with Crippen molar-refractivity contribution in [3.8, 4) is 5.75 Å². The van der Waals surface area contributed by atoms with Crippen LogP contribution in [0.15, 0.2) is 40.9 Å². The number of aromatic carboxylic acids is 1. The normalized spacial score (nSPS) is 10.1. The van der Waals surface area contributed by atoms with Crippen LogP contribution < -0.4 is 15.8 Å². The molecule has 0 aliphatic rings. The van der Waals surface area contributed by atoms with Gasteiger partial charge in [-0.3, -0.25) is 0 Å². The number of ether oxygens (including phenoxy) is 1. The monoisotopic (exact) mass is 336 g/mol. The molecule has 20 heavy (non-hydrogen) atoms. The number of hydrogen-bond acceptors (Lipinski definition) is 4. The van der Waals surface area contributed by atoms with Gasteiger partial charge in [0.2, 0.25) is 0 Å². The van der Waals surface area contributed by atoms with Crippen LogP contribution in [0.1, 0.15) is 10.4 Å². The van der Waals surface area contributed by atoms with Crippen molar-refractivity contribution < 1.29 is 14.6 Å². The maximum absolute atomic E-state index is 11.2. The molecule has 0 aromatic heterocycles. The summed E-state index contributed by atoms with van der Waals surface area (Å²) in [6, 6.07) is 10.1. The van der Waals surface area contributed by atoms with Crippen molar-refractivity contribution in [3.63, 3.8) is 0 Å². The summed E-state index contributed by atoms with van der Waals surface area (Å²) in [6.45, 7) is 0. The average Bonchev–Trinajstić information content (AvgIpc) is 2.41. The number of carboxylic acid groups (broad SMARTS) is 1. The quantitative estimate of drug-likeness (QED) is 0.744. The number of rotatable bonds is 4. The second kappa shape index (κ2) is 5.83. The Bertz CT molecular complexity index is 659. The molecule has 2 rings (SSSR count). The van der Waals surface area contributed by atoms with Gasteiger partial charge in [-0.1, -0.05) is 6.07 Å². The van der Waals surface area contributed by atoms with Gasteiger partial charge >= 0.3 is 5.97 Å². The molecule has 0 radical (unpaired) electrons. The van der Waals surface area contributed by atoms with Crippen LogP contribution in [0.3, 0.4) is 0 Å². The number of nitrogen functional groups attached to an aromatic ring is 1. The molecule has 5 nitrogen and oxygen atoms in total. The number of anilines is 3. The third-order valence-corrected chi connectivity index (χ3v) is 3.37. The van der Waals surface area contributed by atoms with E-state index in [9.17, 15) is 9.90 Å². The predicted octanol–water partition coefficient (Wildman–Crippen LogP) is 3.48. The molecule has 0 unspecified atom stereocenters. The van der Waals surface area contributed by atoms with E-state index in [2.05, 4.69) is 21.2 Å². The van der Waals surface area contributed by atoms with Gasteiger partial charge in [-0.05, 0) is 46.3 Å². The van der Waals surface area contributed by atoms with Crippen LogP contribution in [0.2, 0.25) is 0 Å². The molecule has 0 bridgehead atoms. The Morgan fingerprint density at radius 1 is 1.35 bits per heavy atom. The maximum Gasteiger partial charge on any atom is 0.337 e. The first kappa shape index (κ1) is 14.2. The molecule has 0 saturated carbocycles. The molecule has 0 heterocycles. The Morgan fingerprint density at radius 3 is 2.70 bits per heavy atom. The smallest absolute Gasteiger partial charge is 0.337 e. The summed E-state index contributed by atoms with van der Waals surface area (Å²) in [5.41, 5.74) is 7.41. The van der Waals surface area contributed by atoms with Crippen LogP contribution in [-0.2, 0) is 0 Å². The van der Waals surface area contributed by atoms with Crippen LogP contribution in [-0.4, -0.2) is 18.2 Å². The van der Waals surface area contributed by atoms with E-state index < -0.39 is 5.97 Å². The first-order valence-electron chi connectivity index (χ1n) is 5.75. The first-order valence-corrected chi connectivity index (χ1v) is 6.54. The van der Waals surface area contributed by atoms with E-state index in [-0.39, 0.29) is 5.56 Å². The summed E-state index contributed by atoms with van der Waals surface area (Å²) in [5, 5.41) is 12.2. The summed E-state index contributed by atoms with van der Waals surface area (Å²) in [7, 11) is 1.57. The summed E-state index contributed by atoms with van der Waals surface area (Å²) in [4.78, 5) is 11.2. The van der Waals surface area contributed by atoms with E-state index in [0.29, 0.717) is 22.8 Å². The van der Waals surface area contributed by atoms with Crippen molar-refractivity contribution in [1.82, 2.24) is 0 Å². The fraction of sp³-hybridized carbons (Fsp3) is 0.0714. The van der Waals surface area contributed by atoms with Crippen LogP contribution in [0.5, 0.6) is 5.75 Å². The fourth-order valence-electron chi connectivity index (χ4n) is 1.78.